The van der Waals surface area contributed by atoms with Gasteiger partial charge >= 0.3 is 0 Å². The summed E-state index contributed by atoms with van der Waals surface area (Å²) in [6.45, 7) is 2.87. The number of ether oxygens (including phenoxy) is 1. The van der Waals surface area contributed by atoms with E-state index in [0.717, 1.165) is 31.8 Å². The minimum atomic E-state index is 0.234. The van der Waals surface area contributed by atoms with Crippen molar-refractivity contribution in [1.29, 1.82) is 0 Å². The molecule has 0 aromatic carbocycles. The first-order valence-corrected chi connectivity index (χ1v) is 8.43. The standard InChI is InChI=1S/C16H30N2O/c17-10-11-18(14-5-4-6-14)15-7-12-19-16(13-15)8-2-1-3-9-16/h14-15H,1-13,17H2. The molecule has 110 valence electrons. The van der Waals surface area contributed by atoms with Crippen LogP contribution in [0.15, 0.2) is 0 Å². The fourth-order valence-corrected chi connectivity index (χ4v) is 4.36. The SMILES string of the molecule is NCCN(C1CCC1)C1CCOC2(CCCCC2)C1. The number of nitrogens with two attached hydrogens (primary N) is 1. The maximum atomic E-state index is 6.24. The lowest BCUT2D eigenvalue weighted by molar-refractivity contribution is -0.131. The van der Waals surface area contributed by atoms with Gasteiger partial charge in [0.1, 0.15) is 0 Å². The van der Waals surface area contributed by atoms with Gasteiger partial charge in [0.05, 0.1) is 5.60 Å². The van der Waals surface area contributed by atoms with Crippen LogP contribution in [0.2, 0.25) is 0 Å². The van der Waals surface area contributed by atoms with Gasteiger partial charge in [-0.1, -0.05) is 25.7 Å². The molecule has 2 aliphatic carbocycles. The van der Waals surface area contributed by atoms with Crippen LogP contribution in [0, 0.1) is 0 Å². The first kappa shape index (κ1) is 13.8. The Labute approximate surface area is 117 Å². The van der Waals surface area contributed by atoms with E-state index in [0.29, 0.717) is 0 Å². The Morgan fingerprint density at radius 3 is 2.42 bits per heavy atom. The third kappa shape index (κ3) is 2.98. The molecule has 2 N–H and O–H groups in total. The van der Waals surface area contributed by atoms with E-state index in [-0.39, 0.29) is 5.60 Å². The van der Waals surface area contributed by atoms with Crippen LogP contribution in [0.5, 0.6) is 0 Å². The van der Waals surface area contributed by atoms with Crippen molar-refractivity contribution in [2.45, 2.75) is 81.9 Å². The summed E-state index contributed by atoms with van der Waals surface area (Å²) in [7, 11) is 0. The van der Waals surface area contributed by atoms with Gasteiger partial charge in [-0.3, -0.25) is 4.90 Å². The summed E-state index contributed by atoms with van der Waals surface area (Å²) >= 11 is 0. The Morgan fingerprint density at radius 2 is 1.79 bits per heavy atom. The Morgan fingerprint density at radius 1 is 1.00 bits per heavy atom. The molecule has 1 unspecified atom stereocenters. The van der Waals surface area contributed by atoms with Gasteiger partial charge in [0.15, 0.2) is 0 Å². The zero-order valence-electron chi connectivity index (χ0n) is 12.3. The highest BCUT2D eigenvalue weighted by Gasteiger charge is 2.41. The molecule has 19 heavy (non-hydrogen) atoms. The van der Waals surface area contributed by atoms with Crippen molar-refractivity contribution >= 4 is 0 Å². The molecule has 0 aromatic heterocycles. The van der Waals surface area contributed by atoms with Gasteiger partial charge in [-0.05, 0) is 38.5 Å². The Hall–Kier alpha value is -0.120. The van der Waals surface area contributed by atoms with Gasteiger partial charge in [0.2, 0.25) is 0 Å². The first-order chi connectivity index (χ1) is 9.33. The molecule has 1 atom stereocenters. The van der Waals surface area contributed by atoms with Gasteiger partial charge in [0, 0.05) is 31.8 Å². The van der Waals surface area contributed by atoms with E-state index in [1.165, 1.54) is 64.2 Å². The molecule has 1 heterocycles. The van der Waals surface area contributed by atoms with Crippen molar-refractivity contribution in [1.82, 2.24) is 4.90 Å². The molecule has 3 rings (SSSR count). The fraction of sp³-hybridized carbons (Fsp3) is 1.00. The lowest BCUT2D eigenvalue weighted by Crippen LogP contribution is -2.55. The zero-order chi connectivity index (χ0) is 13.1. The number of hydrogen-bond acceptors (Lipinski definition) is 3. The maximum Gasteiger partial charge on any atom is 0.0697 e. The normalized spacial score (nSPS) is 31.6. The zero-order valence-corrected chi connectivity index (χ0v) is 12.3. The summed E-state index contributed by atoms with van der Waals surface area (Å²) in [4.78, 5) is 2.74. The molecule has 3 fully saturated rings. The first-order valence-electron chi connectivity index (χ1n) is 8.43. The quantitative estimate of drug-likeness (QED) is 0.850. The van der Waals surface area contributed by atoms with E-state index in [1.54, 1.807) is 0 Å². The molecule has 2 saturated carbocycles. The monoisotopic (exact) mass is 266 g/mol. The van der Waals surface area contributed by atoms with Crippen molar-refractivity contribution in [2.75, 3.05) is 19.7 Å². The molecule has 3 heteroatoms. The van der Waals surface area contributed by atoms with Gasteiger partial charge in [-0.2, -0.15) is 0 Å². The fourth-order valence-electron chi connectivity index (χ4n) is 4.36. The lowest BCUT2D eigenvalue weighted by atomic mass is 9.77. The summed E-state index contributed by atoms with van der Waals surface area (Å²) in [6.07, 6.45) is 13.4. The van der Waals surface area contributed by atoms with Crippen molar-refractivity contribution in [2.24, 2.45) is 5.73 Å². The van der Waals surface area contributed by atoms with E-state index >= 15 is 0 Å². The lowest BCUT2D eigenvalue weighted by Gasteiger charge is -2.50. The predicted molar refractivity (Wildman–Crippen MR) is 78.2 cm³/mol. The molecule has 1 saturated heterocycles. The Kier molecular flexibility index (Phi) is 4.45. The molecular formula is C16H30N2O. The van der Waals surface area contributed by atoms with E-state index < -0.39 is 0 Å². The van der Waals surface area contributed by atoms with Crippen LogP contribution < -0.4 is 5.73 Å². The molecule has 0 radical (unpaired) electrons. The minimum Gasteiger partial charge on any atom is -0.375 e. The van der Waals surface area contributed by atoms with Crippen LogP contribution in [0.4, 0.5) is 0 Å². The van der Waals surface area contributed by atoms with E-state index in [2.05, 4.69) is 4.90 Å². The van der Waals surface area contributed by atoms with Gasteiger partial charge in [0.25, 0.3) is 0 Å². The summed E-state index contributed by atoms with van der Waals surface area (Å²) in [5.41, 5.74) is 6.08. The third-order valence-electron chi connectivity index (χ3n) is 5.63. The molecule has 0 bridgehead atoms. The molecule has 0 aromatic rings. The summed E-state index contributed by atoms with van der Waals surface area (Å²) < 4.78 is 6.24. The van der Waals surface area contributed by atoms with Crippen LogP contribution in [-0.2, 0) is 4.74 Å². The molecule has 1 aliphatic heterocycles. The van der Waals surface area contributed by atoms with Crippen LogP contribution in [0.3, 0.4) is 0 Å². The molecule has 1 spiro atoms. The van der Waals surface area contributed by atoms with Crippen LogP contribution in [0.1, 0.15) is 64.2 Å². The largest absolute Gasteiger partial charge is 0.375 e. The highest BCUT2D eigenvalue weighted by atomic mass is 16.5. The van der Waals surface area contributed by atoms with Crippen molar-refractivity contribution < 1.29 is 4.74 Å². The van der Waals surface area contributed by atoms with E-state index in [9.17, 15) is 0 Å². The summed E-state index contributed by atoms with van der Waals surface area (Å²) in [5, 5.41) is 0. The summed E-state index contributed by atoms with van der Waals surface area (Å²) in [6, 6.07) is 1.56. The average Bonchev–Trinajstić information content (AvgIpc) is 2.37. The van der Waals surface area contributed by atoms with Crippen LogP contribution in [0.25, 0.3) is 0 Å². The minimum absolute atomic E-state index is 0.234. The second-order valence-corrected chi connectivity index (χ2v) is 6.85. The van der Waals surface area contributed by atoms with Crippen molar-refractivity contribution in [3.05, 3.63) is 0 Å². The Bertz CT molecular complexity index is 279. The molecule has 3 aliphatic rings. The van der Waals surface area contributed by atoms with E-state index in [4.69, 9.17) is 10.5 Å². The molecule has 0 amide bonds. The highest BCUT2D eigenvalue weighted by molar-refractivity contribution is 4.95. The van der Waals surface area contributed by atoms with Gasteiger partial charge in [-0.25, -0.2) is 0 Å². The highest BCUT2D eigenvalue weighted by Crippen LogP contribution is 2.41. The predicted octanol–water partition coefficient (Wildman–Crippen LogP) is 2.68. The maximum absolute atomic E-state index is 6.24. The second-order valence-electron chi connectivity index (χ2n) is 6.85. The topological polar surface area (TPSA) is 38.5 Å². The smallest absolute Gasteiger partial charge is 0.0697 e. The number of nitrogens with zero attached hydrogens (tertiary/aromatic N) is 1. The average molecular weight is 266 g/mol. The number of hydrogen-bond donors (Lipinski definition) is 1. The van der Waals surface area contributed by atoms with Crippen molar-refractivity contribution in [3.63, 3.8) is 0 Å². The van der Waals surface area contributed by atoms with E-state index in [1.807, 2.05) is 0 Å². The van der Waals surface area contributed by atoms with Gasteiger partial charge in [-0.15, -0.1) is 0 Å². The third-order valence-corrected chi connectivity index (χ3v) is 5.63. The second kappa shape index (κ2) is 6.11. The molecule has 3 nitrogen and oxygen atoms in total. The van der Waals surface area contributed by atoms with Crippen LogP contribution >= 0.6 is 0 Å². The molecular weight excluding hydrogens is 236 g/mol. The van der Waals surface area contributed by atoms with Crippen molar-refractivity contribution in [3.8, 4) is 0 Å². The van der Waals surface area contributed by atoms with Gasteiger partial charge < -0.3 is 10.5 Å². The van der Waals surface area contributed by atoms with Crippen LogP contribution in [-0.4, -0.2) is 42.3 Å². The summed E-state index contributed by atoms with van der Waals surface area (Å²) in [5.74, 6) is 0. The number of rotatable bonds is 4. The Balaban J connectivity index is 1.64.